The summed E-state index contributed by atoms with van der Waals surface area (Å²) in [7, 11) is 0. The van der Waals surface area contributed by atoms with Crippen molar-refractivity contribution in [3.05, 3.63) is 105 Å². The molecular weight excluding hydrogens is 376 g/mol. The molecule has 0 saturated carbocycles. The van der Waals surface area contributed by atoms with E-state index in [0.717, 1.165) is 22.3 Å². The molecule has 140 valence electrons. The van der Waals surface area contributed by atoms with Crippen molar-refractivity contribution in [3.8, 4) is 11.5 Å². The molecule has 0 N–H and O–H groups in total. The number of fused-ring (bicyclic) bond motifs is 1. The highest BCUT2D eigenvalue weighted by molar-refractivity contribution is 6.31. The molecular formula is C23H17ClO4. The van der Waals surface area contributed by atoms with Gasteiger partial charge in [-0.05, 0) is 48.0 Å². The molecule has 0 unspecified atom stereocenters. The predicted octanol–water partition coefficient (Wildman–Crippen LogP) is 5.60. The molecule has 0 amide bonds. The third kappa shape index (κ3) is 4.35. The van der Waals surface area contributed by atoms with Gasteiger partial charge in [-0.1, -0.05) is 41.9 Å². The Balaban J connectivity index is 1.43. The number of benzene rings is 3. The van der Waals surface area contributed by atoms with E-state index in [1.165, 1.54) is 6.07 Å². The van der Waals surface area contributed by atoms with E-state index in [1.807, 2.05) is 54.6 Å². The molecule has 1 aromatic heterocycles. The van der Waals surface area contributed by atoms with E-state index in [2.05, 4.69) is 0 Å². The van der Waals surface area contributed by atoms with Gasteiger partial charge in [0, 0.05) is 22.0 Å². The first-order valence-electron chi connectivity index (χ1n) is 8.79. The van der Waals surface area contributed by atoms with Crippen LogP contribution < -0.4 is 15.1 Å². The molecule has 1 heterocycles. The minimum absolute atomic E-state index is 0.229. The van der Waals surface area contributed by atoms with Crippen LogP contribution in [0.4, 0.5) is 0 Å². The Morgan fingerprint density at radius 2 is 1.46 bits per heavy atom. The smallest absolute Gasteiger partial charge is 0.336 e. The Morgan fingerprint density at radius 1 is 0.786 bits per heavy atom. The average Bonchev–Trinajstić information content (AvgIpc) is 2.72. The van der Waals surface area contributed by atoms with Crippen molar-refractivity contribution in [2.75, 3.05) is 0 Å². The molecule has 0 aliphatic carbocycles. The monoisotopic (exact) mass is 392 g/mol. The van der Waals surface area contributed by atoms with Gasteiger partial charge in [0.15, 0.2) is 0 Å². The summed E-state index contributed by atoms with van der Waals surface area (Å²) in [5.74, 6) is 1.43. The normalized spacial score (nSPS) is 10.8. The zero-order valence-corrected chi connectivity index (χ0v) is 15.7. The van der Waals surface area contributed by atoms with Crippen LogP contribution in [0.3, 0.4) is 0 Å². The highest BCUT2D eigenvalue weighted by Crippen LogP contribution is 2.24. The standard InChI is InChI=1S/C23H17ClO4/c24-18-6-11-22-21(13-18)17(12-23(25)28-22)15-27-20-9-7-19(8-10-20)26-14-16-4-2-1-3-5-16/h1-13H,14-15H2. The van der Waals surface area contributed by atoms with Gasteiger partial charge >= 0.3 is 5.63 Å². The molecule has 0 saturated heterocycles. The van der Waals surface area contributed by atoms with Crippen molar-refractivity contribution < 1.29 is 13.9 Å². The SMILES string of the molecule is O=c1cc(COc2ccc(OCc3ccccc3)cc2)c2cc(Cl)ccc2o1. The first-order valence-corrected chi connectivity index (χ1v) is 9.17. The third-order valence-corrected chi connectivity index (χ3v) is 4.49. The fourth-order valence-electron chi connectivity index (χ4n) is 2.85. The first kappa shape index (κ1) is 18.1. The fraction of sp³-hybridized carbons (Fsp3) is 0.0870. The van der Waals surface area contributed by atoms with E-state index in [-0.39, 0.29) is 6.61 Å². The average molecular weight is 393 g/mol. The molecule has 0 radical (unpaired) electrons. The molecule has 0 aliphatic heterocycles. The maximum atomic E-state index is 11.8. The lowest BCUT2D eigenvalue weighted by atomic mass is 10.1. The number of rotatable bonds is 6. The van der Waals surface area contributed by atoms with Crippen LogP contribution in [0.5, 0.6) is 11.5 Å². The second-order valence-electron chi connectivity index (χ2n) is 6.27. The highest BCUT2D eigenvalue weighted by Gasteiger charge is 2.07. The highest BCUT2D eigenvalue weighted by atomic mass is 35.5. The van der Waals surface area contributed by atoms with Crippen molar-refractivity contribution in [2.45, 2.75) is 13.2 Å². The van der Waals surface area contributed by atoms with Crippen LogP contribution in [-0.2, 0) is 13.2 Å². The summed E-state index contributed by atoms with van der Waals surface area (Å²) in [5, 5.41) is 1.33. The van der Waals surface area contributed by atoms with E-state index in [9.17, 15) is 4.79 Å². The minimum Gasteiger partial charge on any atom is -0.489 e. The molecule has 4 rings (SSSR count). The van der Waals surface area contributed by atoms with Gasteiger partial charge in [0.2, 0.25) is 0 Å². The minimum atomic E-state index is -0.418. The molecule has 4 nitrogen and oxygen atoms in total. The molecule has 0 fully saturated rings. The summed E-state index contributed by atoms with van der Waals surface area (Å²) in [6, 6.07) is 23.9. The van der Waals surface area contributed by atoms with Gasteiger partial charge in [0.25, 0.3) is 0 Å². The van der Waals surface area contributed by atoms with Crippen molar-refractivity contribution >= 4 is 22.6 Å². The second kappa shape index (κ2) is 8.19. The van der Waals surface area contributed by atoms with Crippen molar-refractivity contribution in [1.29, 1.82) is 0 Å². The molecule has 28 heavy (non-hydrogen) atoms. The molecule has 3 aromatic carbocycles. The van der Waals surface area contributed by atoms with Crippen LogP contribution in [0.15, 0.2) is 88.1 Å². The van der Waals surface area contributed by atoms with Crippen LogP contribution >= 0.6 is 11.6 Å². The number of hydrogen-bond acceptors (Lipinski definition) is 4. The van der Waals surface area contributed by atoms with Crippen molar-refractivity contribution in [3.63, 3.8) is 0 Å². The maximum absolute atomic E-state index is 11.8. The Labute approximate surface area is 166 Å². The maximum Gasteiger partial charge on any atom is 0.336 e. The van der Waals surface area contributed by atoms with Gasteiger partial charge in [-0.25, -0.2) is 4.79 Å². The lowest BCUT2D eigenvalue weighted by molar-refractivity contribution is 0.297. The first-order chi connectivity index (χ1) is 13.7. The van der Waals surface area contributed by atoms with Gasteiger partial charge in [-0.3, -0.25) is 0 Å². The molecule has 0 spiro atoms. The van der Waals surface area contributed by atoms with E-state index < -0.39 is 5.63 Å². The van der Waals surface area contributed by atoms with Crippen LogP contribution in [0.2, 0.25) is 5.02 Å². The lowest BCUT2D eigenvalue weighted by Gasteiger charge is -2.10. The molecule has 0 bridgehead atoms. The Hall–Kier alpha value is -3.24. The summed E-state index contributed by atoms with van der Waals surface area (Å²) in [6.45, 7) is 0.736. The Kier molecular flexibility index (Phi) is 5.31. The zero-order chi connectivity index (χ0) is 19.3. The fourth-order valence-corrected chi connectivity index (χ4v) is 3.03. The molecule has 0 aliphatic rings. The second-order valence-corrected chi connectivity index (χ2v) is 6.70. The number of ether oxygens (including phenoxy) is 2. The Bertz CT molecular complexity index is 1130. The summed E-state index contributed by atoms with van der Waals surface area (Å²) in [6.07, 6.45) is 0. The van der Waals surface area contributed by atoms with E-state index in [4.69, 9.17) is 25.5 Å². The Morgan fingerprint density at radius 3 is 2.18 bits per heavy atom. The van der Waals surface area contributed by atoms with Gasteiger partial charge in [-0.15, -0.1) is 0 Å². The van der Waals surface area contributed by atoms with Crippen LogP contribution in [0.1, 0.15) is 11.1 Å². The van der Waals surface area contributed by atoms with Gasteiger partial charge < -0.3 is 13.9 Å². The third-order valence-electron chi connectivity index (χ3n) is 4.26. The molecule has 0 atom stereocenters. The largest absolute Gasteiger partial charge is 0.489 e. The van der Waals surface area contributed by atoms with Crippen LogP contribution in [-0.4, -0.2) is 0 Å². The summed E-state index contributed by atoms with van der Waals surface area (Å²) >= 11 is 6.06. The number of hydrogen-bond donors (Lipinski definition) is 0. The topological polar surface area (TPSA) is 48.7 Å². The lowest BCUT2D eigenvalue weighted by Crippen LogP contribution is -2.04. The summed E-state index contributed by atoms with van der Waals surface area (Å²) in [4.78, 5) is 11.8. The van der Waals surface area contributed by atoms with E-state index in [0.29, 0.717) is 23.0 Å². The van der Waals surface area contributed by atoms with Crippen molar-refractivity contribution in [2.24, 2.45) is 0 Å². The molecule has 4 aromatic rings. The summed E-state index contributed by atoms with van der Waals surface area (Å²) in [5.41, 5.74) is 1.90. The van der Waals surface area contributed by atoms with E-state index >= 15 is 0 Å². The summed E-state index contributed by atoms with van der Waals surface area (Å²) < 4.78 is 16.8. The quantitative estimate of drug-likeness (QED) is 0.400. The molecule has 5 heteroatoms. The zero-order valence-electron chi connectivity index (χ0n) is 14.9. The van der Waals surface area contributed by atoms with E-state index in [1.54, 1.807) is 18.2 Å². The van der Waals surface area contributed by atoms with Crippen molar-refractivity contribution in [1.82, 2.24) is 0 Å². The van der Waals surface area contributed by atoms with Gasteiger partial charge in [0.1, 0.15) is 30.3 Å². The predicted molar refractivity (Wildman–Crippen MR) is 109 cm³/mol. The number of halogens is 1. The van der Waals surface area contributed by atoms with Gasteiger partial charge in [0.05, 0.1) is 0 Å². The van der Waals surface area contributed by atoms with Crippen LogP contribution in [0.25, 0.3) is 11.0 Å². The van der Waals surface area contributed by atoms with Gasteiger partial charge in [-0.2, -0.15) is 0 Å². The van der Waals surface area contributed by atoms with Crippen LogP contribution in [0, 0.1) is 0 Å².